The van der Waals surface area contributed by atoms with E-state index in [4.69, 9.17) is 0 Å². The summed E-state index contributed by atoms with van der Waals surface area (Å²) in [4.78, 5) is 2.12. The van der Waals surface area contributed by atoms with Crippen molar-refractivity contribution in [3.05, 3.63) is 107 Å². The molecular weight excluding hydrogens is 424 g/mol. The molecule has 2 heteroatoms. The molecule has 2 nitrogen and oxygen atoms in total. The molecule has 0 spiro atoms. The summed E-state index contributed by atoms with van der Waals surface area (Å²) in [5, 5.41) is 0. The van der Waals surface area contributed by atoms with Gasteiger partial charge < -0.3 is 4.90 Å². The van der Waals surface area contributed by atoms with Crippen molar-refractivity contribution in [2.75, 3.05) is 19.0 Å². The minimum Gasteiger partial charge on any atom is -0.378 e. The molecule has 3 aromatic carbocycles. The molecule has 4 aromatic rings. The third kappa shape index (κ3) is 5.54. The molecule has 178 valence electrons. The summed E-state index contributed by atoms with van der Waals surface area (Å²) in [6.07, 6.45) is 6.73. The zero-order valence-electron chi connectivity index (χ0n) is 22.1. The van der Waals surface area contributed by atoms with Crippen LogP contribution in [0.2, 0.25) is 0 Å². The number of benzene rings is 3. The molecular formula is C33H37N2+. The molecule has 0 atom stereocenters. The van der Waals surface area contributed by atoms with E-state index in [1.807, 2.05) is 0 Å². The Kier molecular flexibility index (Phi) is 6.93. The van der Waals surface area contributed by atoms with Crippen LogP contribution in [0.5, 0.6) is 0 Å². The lowest BCUT2D eigenvalue weighted by molar-refractivity contribution is -0.659. The fourth-order valence-electron chi connectivity index (χ4n) is 4.40. The smallest absolute Gasteiger partial charge is 0.212 e. The number of hydrogen-bond donors (Lipinski definition) is 0. The van der Waals surface area contributed by atoms with Gasteiger partial charge in [-0.1, -0.05) is 81.5 Å². The summed E-state index contributed by atoms with van der Waals surface area (Å²) < 4.78 is 2.25. The number of aryl methyl sites for hydroxylation is 2. The van der Waals surface area contributed by atoms with E-state index < -0.39 is 0 Å². The fourth-order valence-corrected chi connectivity index (χ4v) is 4.40. The molecule has 0 amide bonds. The predicted octanol–water partition coefficient (Wildman–Crippen LogP) is 7.69. The molecule has 1 heterocycles. The van der Waals surface area contributed by atoms with E-state index in [2.05, 4.69) is 156 Å². The Hall–Kier alpha value is -3.65. The highest BCUT2D eigenvalue weighted by Crippen LogP contribution is 2.31. The van der Waals surface area contributed by atoms with Gasteiger partial charge in [0, 0.05) is 31.4 Å². The van der Waals surface area contributed by atoms with Crippen molar-refractivity contribution in [2.24, 2.45) is 7.05 Å². The van der Waals surface area contributed by atoms with Gasteiger partial charge in [-0.25, -0.2) is 4.57 Å². The third-order valence-corrected chi connectivity index (χ3v) is 6.65. The Morgan fingerprint density at radius 3 is 2.03 bits per heavy atom. The Bertz CT molecular complexity index is 1340. The maximum absolute atomic E-state index is 2.32. The van der Waals surface area contributed by atoms with Crippen molar-refractivity contribution < 1.29 is 4.57 Å². The molecule has 0 saturated heterocycles. The van der Waals surface area contributed by atoms with E-state index in [1.165, 1.54) is 50.3 Å². The monoisotopic (exact) mass is 461 g/mol. The minimum atomic E-state index is 0.144. The van der Waals surface area contributed by atoms with Gasteiger partial charge in [-0.05, 0) is 64.4 Å². The Morgan fingerprint density at radius 2 is 1.43 bits per heavy atom. The molecule has 35 heavy (non-hydrogen) atoms. The number of aromatic nitrogens is 1. The van der Waals surface area contributed by atoms with Crippen LogP contribution in [-0.2, 0) is 12.5 Å². The summed E-state index contributed by atoms with van der Waals surface area (Å²) in [5.41, 5.74) is 11.3. The van der Waals surface area contributed by atoms with Crippen LogP contribution in [-0.4, -0.2) is 14.1 Å². The Labute approximate surface area is 211 Å². The van der Waals surface area contributed by atoms with E-state index in [0.717, 1.165) is 0 Å². The van der Waals surface area contributed by atoms with Gasteiger partial charge >= 0.3 is 0 Å². The summed E-state index contributed by atoms with van der Waals surface area (Å²) in [7, 11) is 6.28. The molecule has 0 radical (unpaired) electrons. The van der Waals surface area contributed by atoms with E-state index in [0.29, 0.717) is 0 Å². The second kappa shape index (κ2) is 9.92. The SMILES string of the molecule is Cc1ccccc1-c1c[n+](C)c(-c2ccc(C(C)(C)C)cc2)cc1/C=C/c1ccc(N(C)C)cc1. The molecule has 1 aromatic heterocycles. The highest BCUT2D eigenvalue weighted by Gasteiger charge is 2.18. The van der Waals surface area contributed by atoms with E-state index >= 15 is 0 Å². The lowest BCUT2D eigenvalue weighted by atomic mass is 9.86. The summed E-state index contributed by atoms with van der Waals surface area (Å²) >= 11 is 0. The van der Waals surface area contributed by atoms with Gasteiger partial charge in [-0.15, -0.1) is 0 Å². The van der Waals surface area contributed by atoms with E-state index in [-0.39, 0.29) is 5.41 Å². The predicted molar refractivity (Wildman–Crippen MR) is 152 cm³/mol. The highest BCUT2D eigenvalue weighted by molar-refractivity contribution is 5.83. The zero-order chi connectivity index (χ0) is 25.2. The van der Waals surface area contributed by atoms with Gasteiger partial charge in [-0.3, -0.25) is 0 Å². The molecule has 0 bridgehead atoms. The van der Waals surface area contributed by atoms with Crippen molar-refractivity contribution in [3.63, 3.8) is 0 Å². The first-order valence-electron chi connectivity index (χ1n) is 12.3. The second-order valence-corrected chi connectivity index (χ2v) is 10.6. The van der Waals surface area contributed by atoms with Gasteiger partial charge in [0.05, 0.1) is 5.56 Å². The zero-order valence-corrected chi connectivity index (χ0v) is 22.1. The fraction of sp³-hybridized carbons (Fsp3) is 0.242. The summed E-state index contributed by atoms with van der Waals surface area (Å²) in [6.45, 7) is 8.95. The first-order chi connectivity index (χ1) is 16.6. The van der Waals surface area contributed by atoms with Crippen LogP contribution in [0.4, 0.5) is 5.69 Å². The quantitative estimate of drug-likeness (QED) is 0.276. The largest absolute Gasteiger partial charge is 0.378 e. The van der Waals surface area contributed by atoms with Gasteiger partial charge in [0.25, 0.3) is 0 Å². The average Bonchev–Trinajstić information content (AvgIpc) is 2.83. The van der Waals surface area contributed by atoms with Crippen molar-refractivity contribution in [1.82, 2.24) is 0 Å². The average molecular weight is 462 g/mol. The maximum Gasteiger partial charge on any atom is 0.212 e. The summed E-state index contributed by atoms with van der Waals surface area (Å²) in [5.74, 6) is 0. The molecule has 0 aliphatic rings. The second-order valence-electron chi connectivity index (χ2n) is 10.6. The molecule has 0 fully saturated rings. The molecule has 0 aliphatic carbocycles. The number of hydrogen-bond acceptors (Lipinski definition) is 1. The lowest BCUT2D eigenvalue weighted by Gasteiger charge is -2.19. The van der Waals surface area contributed by atoms with Gasteiger partial charge in [-0.2, -0.15) is 0 Å². The molecule has 4 rings (SSSR count). The van der Waals surface area contributed by atoms with Crippen molar-refractivity contribution in [2.45, 2.75) is 33.1 Å². The van der Waals surface area contributed by atoms with Gasteiger partial charge in [0.15, 0.2) is 6.20 Å². The normalized spacial score (nSPS) is 11.7. The van der Waals surface area contributed by atoms with Crippen molar-refractivity contribution in [3.8, 4) is 22.4 Å². The number of nitrogens with zero attached hydrogens (tertiary/aromatic N) is 2. The van der Waals surface area contributed by atoms with Crippen LogP contribution >= 0.6 is 0 Å². The van der Waals surface area contributed by atoms with Crippen molar-refractivity contribution >= 4 is 17.8 Å². The molecule has 0 N–H and O–H groups in total. The van der Waals surface area contributed by atoms with Gasteiger partial charge in [0.1, 0.15) is 7.05 Å². The number of anilines is 1. The lowest BCUT2D eigenvalue weighted by Crippen LogP contribution is -2.31. The summed E-state index contributed by atoms with van der Waals surface area (Å²) in [6, 6.07) is 28.6. The Balaban J connectivity index is 1.81. The van der Waals surface area contributed by atoms with E-state index in [9.17, 15) is 0 Å². The van der Waals surface area contributed by atoms with Crippen LogP contribution in [0.1, 0.15) is 43.0 Å². The number of rotatable bonds is 5. The first kappa shape index (κ1) is 24.5. The molecule has 0 unspecified atom stereocenters. The topological polar surface area (TPSA) is 7.12 Å². The standard InChI is InChI=1S/C33H37N2/c1-24-10-8-9-11-30(24)31-23-35(7)32(26-16-18-28(19-17-26)33(2,3)4)22-27(31)15-12-25-13-20-29(21-14-25)34(5)6/h8-23H,1-7H3/q+1. The molecule has 0 saturated carbocycles. The first-order valence-corrected chi connectivity index (χ1v) is 12.3. The van der Waals surface area contributed by atoms with Crippen LogP contribution in [0.25, 0.3) is 34.5 Å². The van der Waals surface area contributed by atoms with Crippen LogP contribution in [0.15, 0.2) is 85.1 Å². The van der Waals surface area contributed by atoms with E-state index in [1.54, 1.807) is 0 Å². The van der Waals surface area contributed by atoms with Gasteiger partial charge in [0.2, 0.25) is 5.69 Å². The van der Waals surface area contributed by atoms with Crippen LogP contribution in [0.3, 0.4) is 0 Å². The minimum absolute atomic E-state index is 0.144. The van der Waals surface area contributed by atoms with Crippen molar-refractivity contribution in [1.29, 1.82) is 0 Å². The molecule has 0 aliphatic heterocycles. The maximum atomic E-state index is 2.32. The highest BCUT2D eigenvalue weighted by atomic mass is 15.1. The Morgan fingerprint density at radius 1 is 0.771 bits per heavy atom. The number of pyridine rings is 1. The third-order valence-electron chi connectivity index (χ3n) is 6.65. The van der Waals surface area contributed by atoms with Crippen LogP contribution < -0.4 is 9.47 Å². The van der Waals surface area contributed by atoms with Crippen LogP contribution in [0, 0.1) is 6.92 Å².